The molecule has 0 spiro atoms. The Morgan fingerprint density at radius 2 is 1.76 bits per heavy atom. The Morgan fingerprint density at radius 3 is 2.37 bits per heavy atom. The molecular weight excluding hydrogens is 849 g/mol. The van der Waals surface area contributed by atoms with E-state index in [0.29, 0.717) is 23.7 Å². The minimum absolute atomic E-state index is 0.0528. The van der Waals surface area contributed by atoms with Crippen LogP contribution in [0.2, 0.25) is 0 Å². The molecular formula is C26H29I3N2O6S. The number of nitrogens with zero attached hydrogens (tertiary/aromatic N) is 1. The van der Waals surface area contributed by atoms with Gasteiger partial charge in [0.25, 0.3) is 11.8 Å². The average molecular weight is 878 g/mol. The molecule has 3 amide bonds. The van der Waals surface area contributed by atoms with Crippen molar-refractivity contribution < 1.29 is 28.1 Å². The summed E-state index contributed by atoms with van der Waals surface area (Å²) < 4.78 is 25.0. The predicted molar refractivity (Wildman–Crippen MR) is 175 cm³/mol. The van der Waals surface area contributed by atoms with Crippen molar-refractivity contribution >= 4 is 102 Å². The average Bonchev–Trinajstić information content (AvgIpc) is 3.11. The van der Waals surface area contributed by atoms with Crippen LogP contribution in [0, 0.1) is 0 Å². The van der Waals surface area contributed by atoms with E-state index in [1.54, 1.807) is 43.3 Å². The number of carbonyl (C=O) groups is 3. The van der Waals surface area contributed by atoms with Crippen LogP contribution >= 0.6 is 67.8 Å². The summed E-state index contributed by atoms with van der Waals surface area (Å²) in [4.78, 5) is 40.6. The molecule has 0 bridgehead atoms. The zero-order valence-electron chi connectivity index (χ0n) is 21.3. The first kappa shape index (κ1) is 31.5. The number of carbonyl (C=O) groups excluding carboxylic acids is 3. The number of halogens is 3. The maximum absolute atomic E-state index is 13.8. The first-order valence-corrected chi connectivity index (χ1v) is 17.1. The van der Waals surface area contributed by atoms with Gasteiger partial charge in [-0.3, -0.25) is 23.5 Å². The number of hydrogen-bond donors (Lipinski definition) is 1. The van der Waals surface area contributed by atoms with Crippen molar-refractivity contribution in [2.24, 2.45) is 0 Å². The Hall–Kier alpha value is -1.01. The number of fused-ring (bicyclic) bond motifs is 1. The highest BCUT2D eigenvalue weighted by Gasteiger charge is 2.43. The van der Waals surface area contributed by atoms with E-state index in [2.05, 4.69) is 73.1 Å². The van der Waals surface area contributed by atoms with Gasteiger partial charge in [0.1, 0.15) is 4.11 Å². The summed E-state index contributed by atoms with van der Waals surface area (Å²) in [6.07, 6.45) is 0.230. The molecule has 5 unspecified atom stereocenters. The van der Waals surface area contributed by atoms with E-state index in [1.807, 2.05) is 20.8 Å². The predicted octanol–water partition coefficient (Wildman–Crippen LogP) is 6.26. The highest BCUT2D eigenvalue weighted by molar-refractivity contribution is 14.1. The van der Waals surface area contributed by atoms with E-state index in [1.165, 1.54) is 0 Å². The van der Waals surface area contributed by atoms with Crippen LogP contribution in [0.15, 0.2) is 36.4 Å². The molecule has 8 nitrogen and oxygen atoms in total. The first-order chi connectivity index (χ1) is 17.9. The van der Waals surface area contributed by atoms with E-state index in [9.17, 15) is 18.6 Å². The van der Waals surface area contributed by atoms with Crippen molar-refractivity contribution in [1.29, 1.82) is 0 Å². The second kappa shape index (κ2) is 14.1. The van der Waals surface area contributed by atoms with E-state index < -0.39 is 28.7 Å². The number of alkyl halides is 3. The first-order valence-electron chi connectivity index (χ1n) is 12.0. The molecule has 3 rings (SSSR count). The fraction of sp³-hybridized carbons (Fsp3) is 0.423. The second-order valence-electron chi connectivity index (χ2n) is 8.68. The fourth-order valence-corrected chi connectivity index (χ4v) is 5.85. The highest BCUT2D eigenvalue weighted by atomic mass is 127. The van der Waals surface area contributed by atoms with Gasteiger partial charge >= 0.3 is 0 Å². The SMILES string of the molecule is CCC(=O)Nc1cccc2c1C(=O)N(C(CS(=O)C(C)I)c1ccc(OC(C)I)c(OCC(C)I)c1)C2=O. The van der Waals surface area contributed by atoms with Crippen LogP contribution in [0.25, 0.3) is 0 Å². The summed E-state index contributed by atoms with van der Waals surface area (Å²) in [5.74, 6) is -0.214. The van der Waals surface area contributed by atoms with Crippen molar-refractivity contribution in [2.75, 3.05) is 17.7 Å². The van der Waals surface area contributed by atoms with Crippen LogP contribution in [-0.4, -0.2) is 50.5 Å². The van der Waals surface area contributed by atoms with Crippen LogP contribution in [0.1, 0.15) is 66.4 Å². The van der Waals surface area contributed by atoms with Crippen LogP contribution < -0.4 is 14.8 Å². The Balaban J connectivity index is 2.10. The molecule has 2 aromatic rings. The summed E-state index contributed by atoms with van der Waals surface area (Å²) in [7, 11) is -1.35. The highest BCUT2D eigenvalue weighted by Crippen LogP contribution is 2.39. The van der Waals surface area contributed by atoms with Gasteiger partial charge in [-0.15, -0.1) is 0 Å². The van der Waals surface area contributed by atoms with E-state index in [4.69, 9.17) is 9.47 Å². The zero-order valence-corrected chi connectivity index (χ0v) is 28.6. The van der Waals surface area contributed by atoms with Gasteiger partial charge in [0.05, 0.1) is 32.7 Å². The third-order valence-electron chi connectivity index (χ3n) is 5.65. The Kier molecular flexibility index (Phi) is 11.7. The van der Waals surface area contributed by atoms with Gasteiger partial charge in [0, 0.05) is 26.9 Å². The fourth-order valence-electron chi connectivity index (χ4n) is 3.86. The van der Waals surface area contributed by atoms with Gasteiger partial charge in [-0.25, -0.2) is 0 Å². The van der Waals surface area contributed by atoms with E-state index in [0.717, 1.165) is 4.90 Å². The molecule has 206 valence electrons. The summed E-state index contributed by atoms with van der Waals surface area (Å²) in [5.41, 5.74) is 1.24. The summed E-state index contributed by atoms with van der Waals surface area (Å²) >= 11 is 6.50. The van der Waals surface area contributed by atoms with Gasteiger partial charge in [0.2, 0.25) is 5.91 Å². The Bertz CT molecular complexity index is 1240. The Labute approximate surface area is 266 Å². The molecule has 12 heteroatoms. The number of rotatable bonds is 12. The van der Waals surface area contributed by atoms with Gasteiger partial charge in [-0.1, -0.05) is 71.2 Å². The summed E-state index contributed by atoms with van der Waals surface area (Å²) in [5, 5.41) is 2.73. The number of nitrogens with one attached hydrogen (secondary N) is 1. The second-order valence-corrected chi connectivity index (χ2v) is 17.1. The lowest BCUT2D eigenvalue weighted by molar-refractivity contribution is -0.115. The third-order valence-corrected chi connectivity index (χ3v) is 9.33. The molecule has 2 aromatic carbocycles. The van der Waals surface area contributed by atoms with Crippen molar-refractivity contribution in [1.82, 2.24) is 4.90 Å². The van der Waals surface area contributed by atoms with Crippen molar-refractivity contribution in [3.63, 3.8) is 0 Å². The molecule has 0 aromatic heterocycles. The number of imide groups is 1. The van der Waals surface area contributed by atoms with Crippen LogP contribution in [0.3, 0.4) is 0 Å². The molecule has 0 aliphatic carbocycles. The lowest BCUT2D eigenvalue weighted by Gasteiger charge is -2.28. The number of anilines is 1. The number of amides is 3. The van der Waals surface area contributed by atoms with Gasteiger partial charge in [0.15, 0.2) is 11.5 Å². The molecule has 38 heavy (non-hydrogen) atoms. The van der Waals surface area contributed by atoms with E-state index >= 15 is 0 Å². The van der Waals surface area contributed by atoms with Crippen LogP contribution in [0.4, 0.5) is 5.69 Å². The summed E-state index contributed by atoms with van der Waals surface area (Å²) in [6, 6.07) is 9.28. The molecule has 0 saturated heterocycles. The van der Waals surface area contributed by atoms with Crippen molar-refractivity contribution in [3.05, 3.63) is 53.1 Å². The maximum atomic E-state index is 13.8. The van der Waals surface area contributed by atoms with Crippen molar-refractivity contribution in [3.8, 4) is 11.5 Å². The van der Waals surface area contributed by atoms with Gasteiger partial charge in [-0.05, 0) is 66.3 Å². The topological polar surface area (TPSA) is 102 Å². The minimum atomic E-state index is -1.35. The molecule has 1 N–H and O–H groups in total. The van der Waals surface area contributed by atoms with Crippen LogP contribution in [-0.2, 0) is 15.6 Å². The normalized spacial score (nSPS) is 16.9. The van der Waals surface area contributed by atoms with Gasteiger partial charge < -0.3 is 14.8 Å². The molecule has 1 aliphatic heterocycles. The molecule has 0 saturated carbocycles. The van der Waals surface area contributed by atoms with Crippen molar-refractivity contribution in [2.45, 2.75) is 51.4 Å². The summed E-state index contributed by atoms with van der Waals surface area (Å²) in [6.45, 7) is 7.89. The third kappa shape index (κ3) is 7.59. The molecule has 0 radical (unpaired) electrons. The Morgan fingerprint density at radius 1 is 1.05 bits per heavy atom. The minimum Gasteiger partial charge on any atom is -0.489 e. The molecule has 0 fully saturated rings. The number of benzene rings is 2. The molecule has 5 atom stereocenters. The standard InChI is InChI=1S/C26H29I3N2O6S/c1-5-23(32)30-19-8-6-7-18-24(19)26(34)31(25(18)33)20(13-38(35)16(4)29)17-9-10-21(37-15(3)28)22(11-17)36-12-14(2)27/h6-11,14-16,20H,5,12-13H2,1-4H3,(H,30,32). The largest absolute Gasteiger partial charge is 0.489 e. The van der Waals surface area contributed by atoms with E-state index in [-0.39, 0.29) is 46.2 Å². The molecule has 1 aliphatic rings. The zero-order chi connectivity index (χ0) is 28.1. The smallest absolute Gasteiger partial charge is 0.264 e. The number of ether oxygens (including phenoxy) is 2. The maximum Gasteiger partial charge on any atom is 0.264 e. The number of hydrogen-bond acceptors (Lipinski definition) is 6. The molecule has 1 heterocycles. The van der Waals surface area contributed by atoms with Gasteiger partial charge in [-0.2, -0.15) is 0 Å². The quantitative estimate of drug-likeness (QED) is 0.154. The lowest BCUT2D eigenvalue weighted by atomic mass is 10.1. The van der Waals surface area contributed by atoms with Crippen LogP contribution in [0.5, 0.6) is 11.5 Å². The monoisotopic (exact) mass is 878 g/mol. The lowest BCUT2D eigenvalue weighted by Crippen LogP contribution is -2.37.